The minimum absolute atomic E-state index is 0.159. The van der Waals surface area contributed by atoms with Crippen LogP contribution in [0.4, 0.5) is 0 Å². The zero-order valence-electron chi connectivity index (χ0n) is 13.4. The number of aromatic nitrogens is 1. The van der Waals surface area contributed by atoms with Crippen molar-refractivity contribution in [2.24, 2.45) is 5.92 Å². The molecule has 2 aliphatic heterocycles. The highest BCUT2D eigenvalue weighted by Gasteiger charge is 2.47. The van der Waals surface area contributed by atoms with E-state index in [1.165, 1.54) is 11.3 Å². The molecule has 1 saturated carbocycles. The van der Waals surface area contributed by atoms with Crippen LogP contribution < -0.4 is 0 Å². The second-order valence-electron chi connectivity index (χ2n) is 6.88. The third kappa shape index (κ3) is 3.41. The number of ether oxygens (including phenoxy) is 1. The van der Waals surface area contributed by atoms with Gasteiger partial charge in [0.2, 0.25) is 5.91 Å². The Labute approximate surface area is 142 Å². The fraction of sp³-hybridized carbons (Fsp3) is 0.667. The molecule has 5 heteroatoms. The van der Waals surface area contributed by atoms with E-state index in [1.54, 1.807) is 6.20 Å². The van der Waals surface area contributed by atoms with Gasteiger partial charge in [0.25, 0.3) is 0 Å². The van der Waals surface area contributed by atoms with Crippen LogP contribution in [-0.4, -0.2) is 52.6 Å². The van der Waals surface area contributed by atoms with Crippen molar-refractivity contribution in [3.8, 4) is 0 Å². The van der Waals surface area contributed by atoms with Gasteiger partial charge in [-0.2, -0.15) is 11.8 Å². The van der Waals surface area contributed by atoms with Gasteiger partial charge in [-0.3, -0.25) is 9.78 Å². The molecule has 1 aliphatic carbocycles. The van der Waals surface area contributed by atoms with Crippen molar-refractivity contribution < 1.29 is 9.53 Å². The minimum Gasteiger partial charge on any atom is -0.376 e. The van der Waals surface area contributed by atoms with Crippen LogP contribution in [0.5, 0.6) is 0 Å². The standard InChI is InChI=1S/C18H24N2O2S/c21-18(17-9-16(17)13-3-1-6-19-10-13)20(14-5-8-23-12-14)11-15-4-2-7-22-15/h1,3,6,10,14-17H,2,4-5,7-9,11-12H2/t14?,15?,16-,17+/m0/s1. The van der Waals surface area contributed by atoms with Gasteiger partial charge in [-0.25, -0.2) is 0 Å². The topological polar surface area (TPSA) is 42.4 Å². The molecular weight excluding hydrogens is 308 g/mol. The molecule has 4 rings (SSSR count). The first kappa shape index (κ1) is 15.5. The third-order valence-corrected chi connectivity index (χ3v) is 6.42. The monoisotopic (exact) mass is 332 g/mol. The summed E-state index contributed by atoms with van der Waals surface area (Å²) in [5.41, 5.74) is 1.21. The summed E-state index contributed by atoms with van der Waals surface area (Å²) in [5.74, 6) is 3.14. The smallest absolute Gasteiger partial charge is 0.226 e. The lowest BCUT2D eigenvalue weighted by Gasteiger charge is -2.31. The summed E-state index contributed by atoms with van der Waals surface area (Å²) in [5, 5.41) is 0. The number of rotatable bonds is 5. The lowest BCUT2D eigenvalue weighted by Crippen LogP contribution is -2.45. The van der Waals surface area contributed by atoms with Crippen molar-refractivity contribution in [3.05, 3.63) is 30.1 Å². The number of hydrogen-bond donors (Lipinski definition) is 0. The summed E-state index contributed by atoms with van der Waals surface area (Å²) >= 11 is 1.97. The van der Waals surface area contributed by atoms with E-state index >= 15 is 0 Å². The minimum atomic E-state index is 0.159. The summed E-state index contributed by atoms with van der Waals surface area (Å²) in [6, 6.07) is 4.47. The number of carbonyl (C=O) groups excluding carboxylic acids is 1. The summed E-state index contributed by atoms with van der Waals surface area (Å²) < 4.78 is 5.79. The quantitative estimate of drug-likeness (QED) is 0.831. The van der Waals surface area contributed by atoms with Crippen molar-refractivity contribution in [1.82, 2.24) is 9.88 Å². The van der Waals surface area contributed by atoms with Gasteiger partial charge >= 0.3 is 0 Å². The van der Waals surface area contributed by atoms with E-state index in [0.29, 0.717) is 17.9 Å². The molecule has 3 fully saturated rings. The highest BCUT2D eigenvalue weighted by molar-refractivity contribution is 7.99. The van der Waals surface area contributed by atoms with Gasteiger partial charge in [0.1, 0.15) is 0 Å². The molecular formula is C18H24N2O2S. The molecule has 3 heterocycles. The predicted molar refractivity (Wildman–Crippen MR) is 91.5 cm³/mol. The zero-order chi connectivity index (χ0) is 15.6. The maximum Gasteiger partial charge on any atom is 0.226 e. The average Bonchev–Trinajstić information content (AvgIpc) is 2.98. The van der Waals surface area contributed by atoms with Crippen molar-refractivity contribution >= 4 is 17.7 Å². The molecule has 0 aromatic carbocycles. The maximum atomic E-state index is 13.1. The van der Waals surface area contributed by atoms with Crippen LogP contribution in [0.15, 0.2) is 24.5 Å². The van der Waals surface area contributed by atoms with Gasteiger partial charge in [0.05, 0.1) is 6.10 Å². The lowest BCUT2D eigenvalue weighted by atomic mass is 10.1. The van der Waals surface area contributed by atoms with Crippen LogP contribution in [0.3, 0.4) is 0 Å². The first-order chi connectivity index (χ1) is 11.3. The first-order valence-electron chi connectivity index (χ1n) is 8.72. The summed E-state index contributed by atoms with van der Waals surface area (Å²) in [6.07, 6.45) is 8.30. The Kier molecular flexibility index (Phi) is 4.58. The Morgan fingerprint density at radius 3 is 3.09 bits per heavy atom. The second kappa shape index (κ2) is 6.81. The molecule has 2 saturated heterocycles. The van der Waals surface area contributed by atoms with Gasteiger partial charge in [0.15, 0.2) is 0 Å². The van der Waals surface area contributed by atoms with Gasteiger partial charge in [-0.1, -0.05) is 6.07 Å². The van der Waals surface area contributed by atoms with Gasteiger partial charge in [-0.15, -0.1) is 0 Å². The first-order valence-corrected chi connectivity index (χ1v) is 9.88. The largest absolute Gasteiger partial charge is 0.376 e. The molecule has 124 valence electrons. The number of amides is 1. The van der Waals surface area contributed by atoms with Gasteiger partial charge < -0.3 is 9.64 Å². The Bertz CT molecular complexity index is 541. The van der Waals surface area contributed by atoms with Crippen LogP contribution in [0.2, 0.25) is 0 Å². The number of pyridine rings is 1. The Morgan fingerprint density at radius 2 is 2.39 bits per heavy atom. The maximum absolute atomic E-state index is 13.1. The lowest BCUT2D eigenvalue weighted by molar-refractivity contribution is -0.136. The van der Waals surface area contributed by atoms with E-state index in [-0.39, 0.29) is 12.0 Å². The normalized spacial score (nSPS) is 32.9. The van der Waals surface area contributed by atoms with Crippen molar-refractivity contribution in [2.45, 2.75) is 43.7 Å². The van der Waals surface area contributed by atoms with Crippen LogP contribution in [0.25, 0.3) is 0 Å². The number of hydrogen-bond acceptors (Lipinski definition) is 4. The second-order valence-corrected chi connectivity index (χ2v) is 8.03. The van der Waals surface area contributed by atoms with E-state index in [4.69, 9.17) is 4.74 Å². The Morgan fingerprint density at radius 1 is 1.43 bits per heavy atom. The zero-order valence-corrected chi connectivity index (χ0v) is 14.2. The molecule has 23 heavy (non-hydrogen) atoms. The molecule has 2 unspecified atom stereocenters. The summed E-state index contributed by atoms with van der Waals surface area (Å²) in [7, 11) is 0. The molecule has 0 spiro atoms. The van der Waals surface area contributed by atoms with E-state index < -0.39 is 0 Å². The highest BCUT2D eigenvalue weighted by atomic mass is 32.2. The molecule has 4 nitrogen and oxygen atoms in total. The van der Waals surface area contributed by atoms with E-state index in [0.717, 1.165) is 44.6 Å². The summed E-state index contributed by atoms with van der Waals surface area (Å²) in [6.45, 7) is 1.65. The number of thioether (sulfide) groups is 1. The number of carbonyl (C=O) groups is 1. The molecule has 3 aliphatic rings. The van der Waals surface area contributed by atoms with Crippen molar-refractivity contribution in [1.29, 1.82) is 0 Å². The third-order valence-electron chi connectivity index (χ3n) is 5.27. The summed E-state index contributed by atoms with van der Waals surface area (Å²) in [4.78, 5) is 19.5. The fourth-order valence-corrected chi connectivity index (χ4v) is 5.06. The number of nitrogens with zero attached hydrogens (tertiary/aromatic N) is 2. The Hall–Kier alpha value is -1.07. The molecule has 0 N–H and O–H groups in total. The van der Waals surface area contributed by atoms with Crippen LogP contribution in [-0.2, 0) is 9.53 Å². The molecule has 1 aromatic rings. The van der Waals surface area contributed by atoms with E-state index in [9.17, 15) is 4.79 Å². The van der Waals surface area contributed by atoms with Gasteiger partial charge in [0, 0.05) is 43.3 Å². The van der Waals surface area contributed by atoms with Gasteiger partial charge in [-0.05, 0) is 49.0 Å². The molecule has 4 atom stereocenters. The predicted octanol–water partition coefficient (Wildman–Crippen LogP) is 2.70. The molecule has 0 bridgehead atoms. The fourth-order valence-electron chi connectivity index (χ4n) is 3.84. The molecule has 1 amide bonds. The van der Waals surface area contributed by atoms with Crippen LogP contribution in [0.1, 0.15) is 37.2 Å². The average molecular weight is 332 g/mol. The SMILES string of the molecule is O=C([C@@H]1C[C@H]1c1cccnc1)N(CC1CCCO1)C1CCSC1. The van der Waals surface area contributed by atoms with Crippen molar-refractivity contribution in [2.75, 3.05) is 24.7 Å². The van der Waals surface area contributed by atoms with Crippen LogP contribution in [0, 0.1) is 5.92 Å². The van der Waals surface area contributed by atoms with Crippen LogP contribution >= 0.6 is 11.8 Å². The Balaban J connectivity index is 1.44. The van der Waals surface area contributed by atoms with E-state index in [1.807, 2.05) is 24.0 Å². The molecule has 0 radical (unpaired) electrons. The van der Waals surface area contributed by atoms with Crippen molar-refractivity contribution in [3.63, 3.8) is 0 Å². The van der Waals surface area contributed by atoms with E-state index in [2.05, 4.69) is 16.0 Å². The molecule has 1 aromatic heterocycles. The highest BCUT2D eigenvalue weighted by Crippen LogP contribution is 2.48.